The van der Waals surface area contributed by atoms with Crippen LogP contribution in [-0.4, -0.2) is 4.98 Å². The van der Waals surface area contributed by atoms with Crippen molar-refractivity contribution in [2.75, 3.05) is 0 Å². The molecule has 1 aliphatic rings. The molecule has 0 saturated heterocycles. The summed E-state index contributed by atoms with van der Waals surface area (Å²) in [6.45, 7) is 0. The van der Waals surface area contributed by atoms with Crippen molar-refractivity contribution in [3.8, 4) is 22.3 Å². The molecule has 4 aromatic carbocycles. The highest BCUT2D eigenvalue weighted by atomic mass is 14.7. The van der Waals surface area contributed by atoms with Crippen molar-refractivity contribution in [3.05, 3.63) is 96.1 Å². The molecule has 26 heavy (non-hydrogen) atoms. The molecule has 0 amide bonds. The van der Waals surface area contributed by atoms with Crippen molar-refractivity contribution in [2.24, 2.45) is 0 Å². The normalized spacial score (nSPS) is 12.5. The average molecular weight is 331 g/mol. The summed E-state index contributed by atoms with van der Waals surface area (Å²) in [4.78, 5) is 3.63. The summed E-state index contributed by atoms with van der Waals surface area (Å²) >= 11 is 0. The third kappa shape index (κ3) is 1.86. The van der Waals surface area contributed by atoms with Gasteiger partial charge >= 0.3 is 0 Å². The van der Waals surface area contributed by atoms with Gasteiger partial charge in [-0.15, -0.1) is 0 Å². The summed E-state index contributed by atoms with van der Waals surface area (Å²) in [7, 11) is 0. The summed E-state index contributed by atoms with van der Waals surface area (Å²) < 4.78 is 0. The van der Waals surface area contributed by atoms with Crippen LogP contribution in [0, 0.1) is 0 Å². The van der Waals surface area contributed by atoms with Gasteiger partial charge in [0.25, 0.3) is 0 Å². The third-order valence-electron chi connectivity index (χ3n) is 5.65. The van der Waals surface area contributed by atoms with Gasteiger partial charge in [0.15, 0.2) is 0 Å². The second kappa shape index (κ2) is 5.09. The van der Waals surface area contributed by atoms with Gasteiger partial charge < -0.3 is 4.98 Å². The topological polar surface area (TPSA) is 15.8 Å². The maximum Gasteiger partial charge on any atom is 0.0544 e. The van der Waals surface area contributed by atoms with Crippen molar-refractivity contribution >= 4 is 21.8 Å². The maximum absolute atomic E-state index is 3.63. The standard InChI is InChI=1S/C25H17N/c1-2-7-19-16(6-1)14-17-12-13-18(15-23(17)19)20-9-5-10-22-21-8-3-4-11-24(21)26-25(20)22/h1-13,15,26H,14H2. The molecule has 1 aliphatic carbocycles. The summed E-state index contributed by atoms with van der Waals surface area (Å²) in [5.74, 6) is 0. The highest BCUT2D eigenvalue weighted by Gasteiger charge is 2.19. The highest BCUT2D eigenvalue weighted by Crippen LogP contribution is 2.40. The van der Waals surface area contributed by atoms with Crippen LogP contribution in [0.2, 0.25) is 0 Å². The number of benzene rings is 4. The van der Waals surface area contributed by atoms with Gasteiger partial charge in [0.2, 0.25) is 0 Å². The first-order chi connectivity index (χ1) is 12.9. The molecule has 0 fully saturated rings. The van der Waals surface area contributed by atoms with Crippen molar-refractivity contribution in [2.45, 2.75) is 6.42 Å². The van der Waals surface area contributed by atoms with Gasteiger partial charge in [0, 0.05) is 21.9 Å². The van der Waals surface area contributed by atoms with E-state index in [0.717, 1.165) is 6.42 Å². The molecule has 0 aliphatic heterocycles. The van der Waals surface area contributed by atoms with E-state index in [-0.39, 0.29) is 0 Å². The minimum Gasteiger partial charge on any atom is -0.354 e. The second-order valence-corrected chi connectivity index (χ2v) is 7.10. The van der Waals surface area contributed by atoms with Crippen LogP contribution in [0.1, 0.15) is 11.1 Å². The fraction of sp³-hybridized carbons (Fsp3) is 0.0400. The molecule has 0 unspecified atom stereocenters. The summed E-state index contributed by atoms with van der Waals surface area (Å²) in [5.41, 5.74) is 10.6. The first-order valence-corrected chi connectivity index (χ1v) is 9.09. The van der Waals surface area contributed by atoms with Crippen molar-refractivity contribution < 1.29 is 0 Å². The molecular formula is C25H17N. The lowest BCUT2D eigenvalue weighted by molar-refractivity contribution is 1.26. The van der Waals surface area contributed by atoms with E-state index in [9.17, 15) is 0 Å². The van der Waals surface area contributed by atoms with Crippen LogP contribution in [-0.2, 0) is 6.42 Å². The molecule has 0 bridgehead atoms. The van der Waals surface area contributed by atoms with Crippen LogP contribution >= 0.6 is 0 Å². The van der Waals surface area contributed by atoms with E-state index in [4.69, 9.17) is 0 Å². The van der Waals surface area contributed by atoms with E-state index >= 15 is 0 Å². The smallest absolute Gasteiger partial charge is 0.0544 e. The number of aromatic amines is 1. The largest absolute Gasteiger partial charge is 0.354 e. The predicted molar refractivity (Wildman–Crippen MR) is 109 cm³/mol. The highest BCUT2D eigenvalue weighted by molar-refractivity contribution is 6.11. The Morgan fingerprint density at radius 1 is 0.577 bits per heavy atom. The predicted octanol–water partition coefficient (Wildman–Crippen LogP) is 6.56. The molecular weight excluding hydrogens is 314 g/mol. The molecule has 1 heterocycles. The van der Waals surface area contributed by atoms with Gasteiger partial charge in [-0.1, -0.05) is 72.8 Å². The van der Waals surface area contributed by atoms with Gasteiger partial charge in [0.05, 0.1) is 5.52 Å². The molecule has 1 N–H and O–H groups in total. The molecule has 1 aromatic heterocycles. The Kier molecular flexibility index (Phi) is 2.72. The monoisotopic (exact) mass is 331 g/mol. The van der Waals surface area contributed by atoms with Gasteiger partial charge in [-0.05, 0) is 46.4 Å². The molecule has 5 aromatic rings. The van der Waals surface area contributed by atoms with E-state index in [1.807, 2.05) is 0 Å². The number of nitrogens with one attached hydrogen (secondary N) is 1. The molecule has 6 rings (SSSR count). The minimum atomic E-state index is 1.04. The first-order valence-electron chi connectivity index (χ1n) is 9.09. The lowest BCUT2D eigenvalue weighted by Crippen LogP contribution is -1.84. The van der Waals surface area contributed by atoms with Crippen LogP contribution in [0.15, 0.2) is 84.9 Å². The Labute approximate surface area is 151 Å². The van der Waals surface area contributed by atoms with Crippen LogP contribution in [0.5, 0.6) is 0 Å². The Balaban J connectivity index is 1.61. The number of hydrogen-bond acceptors (Lipinski definition) is 0. The number of rotatable bonds is 1. The Morgan fingerprint density at radius 2 is 1.35 bits per heavy atom. The van der Waals surface area contributed by atoms with E-state index < -0.39 is 0 Å². The fourth-order valence-electron chi connectivity index (χ4n) is 4.40. The lowest BCUT2D eigenvalue weighted by atomic mass is 9.97. The summed E-state index contributed by atoms with van der Waals surface area (Å²) in [6.07, 6.45) is 1.04. The SMILES string of the molecule is c1ccc2c(c1)Cc1ccc(-c3cccc4c3[nH]c3ccccc34)cc1-2. The van der Waals surface area contributed by atoms with Crippen molar-refractivity contribution in [1.29, 1.82) is 0 Å². The number of H-pyrrole nitrogens is 1. The molecule has 0 radical (unpaired) electrons. The minimum absolute atomic E-state index is 1.04. The molecule has 0 spiro atoms. The number of aromatic nitrogens is 1. The Morgan fingerprint density at radius 3 is 2.35 bits per heavy atom. The Bertz CT molecular complexity index is 1310. The van der Waals surface area contributed by atoms with Crippen molar-refractivity contribution in [3.63, 3.8) is 0 Å². The fourth-order valence-corrected chi connectivity index (χ4v) is 4.40. The van der Waals surface area contributed by atoms with Crippen LogP contribution in [0.4, 0.5) is 0 Å². The molecule has 1 nitrogen and oxygen atoms in total. The Hall–Kier alpha value is -3.32. The maximum atomic E-state index is 3.63. The average Bonchev–Trinajstić information content (AvgIpc) is 3.25. The van der Waals surface area contributed by atoms with Gasteiger partial charge in [-0.2, -0.15) is 0 Å². The van der Waals surface area contributed by atoms with Crippen LogP contribution < -0.4 is 0 Å². The zero-order valence-corrected chi connectivity index (χ0v) is 14.3. The van der Waals surface area contributed by atoms with Gasteiger partial charge in [0.1, 0.15) is 0 Å². The molecule has 1 heteroatoms. The zero-order chi connectivity index (χ0) is 17.1. The van der Waals surface area contributed by atoms with Crippen molar-refractivity contribution in [1.82, 2.24) is 4.98 Å². The van der Waals surface area contributed by atoms with Gasteiger partial charge in [-0.3, -0.25) is 0 Å². The summed E-state index contributed by atoms with van der Waals surface area (Å²) in [5, 5.41) is 2.58. The number of fused-ring (bicyclic) bond motifs is 6. The second-order valence-electron chi connectivity index (χ2n) is 7.10. The molecule has 0 saturated carbocycles. The lowest BCUT2D eigenvalue weighted by Gasteiger charge is -2.08. The van der Waals surface area contributed by atoms with Crippen LogP contribution in [0.25, 0.3) is 44.1 Å². The molecule has 0 atom stereocenters. The quantitative estimate of drug-likeness (QED) is 0.351. The van der Waals surface area contributed by atoms with E-state index in [1.54, 1.807) is 0 Å². The first kappa shape index (κ1) is 13.9. The van der Waals surface area contributed by atoms with E-state index in [1.165, 1.54) is 55.2 Å². The van der Waals surface area contributed by atoms with Gasteiger partial charge in [-0.25, -0.2) is 0 Å². The van der Waals surface area contributed by atoms with E-state index in [0.29, 0.717) is 0 Å². The number of hydrogen-bond donors (Lipinski definition) is 1. The third-order valence-corrected chi connectivity index (χ3v) is 5.65. The zero-order valence-electron chi connectivity index (χ0n) is 14.3. The number of para-hydroxylation sites is 2. The summed E-state index contributed by atoms with van der Waals surface area (Å²) in [6, 6.07) is 30.8. The van der Waals surface area contributed by atoms with Crippen LogP contribution in [0.3, 0.4) is 0 Å². The van der Waals surface area contributed by atoms with E-state index in [2.05, 4.69) is 89.9 Å². The molecule has 122 valence electrons.